The quantitative estimate of drug-likeness (QED) is 0.923. The molecule has 1 saturated carbocycles. The minimum Gasteiger partial charge on any atom is -0.352 e. The average Bonchev–Trinajstić information content (AvgIpc) is 3.08. The van der Waals surface area contributed by atoms with Gasteiger partial charge in [0, 0.05) is 32.1 Å². The number of nitrogens with zero attached hydrogens (tertiary/aromatic N) is 3. The molecule has 1 aromatic heterocycles. The highest BCUT2D eigenvalue weighted by Gasteiger charge is 2.38. The standard InChI is InChI=1S/C16H26N4O/c1-11(2)20-9-8-13-14(19(3)10-17-13)15(20)16(21)18-12-6-4-5-7-12/h10-12,15H,4-9H2,1-3H3,(H,18,21). The van der Waals surface area contributed by atoms with Crippen molar-refractivity contribution in [3.05, 3.63) is 17.7 Å². The normalized spacial score (nSPS) is 23.5. The molecule has 0 saturated heterocycles. The van der Waals surface area contributed by atoms with Gasteiger partial charge in [-0.05, 0) is 26.7 Å². The maximum atomic E-state index is 12.9. The lowest BCUT2D eigenvalue weighted by Crippen LogP contribution is -2.49. The van der Waals surface area contributed by atoms with Crippen LogP contribution in [0.5, 0.6) is 0 Å². The summed E-state index contributed by atoms with van der Waals surface area (Å²) in [5.74, 6) is 0.153. The van der Waals surface area contributed by atoms with E-state index >= 15 is 0 Å². The van der Waals surface area contributed by atoms with Crippen LogP contribution in [0.3, 0.4) is 0 Å². The Morgan fingerprint density at radius 1 is 1.38 bits per heavy atom. The van der Waals surface area contributed by atoms with Gasteiger partial charge in [-0.15, -0.1) is 0 Å². The lowest BCUT2D eigenvalue weighted by molar-refractivity contribution is -0.128. The number of aryl methyl sites for hydroxylation is 1. The first-order valence-corrected chi connectivity index (χ1v) is 8.14. The molecule has 1 atom stereocenters. The van der Waals surface area contributed by atoms with Gasteiger partial charge in [-0.3, -0.25) is 9.69 Å². The molecule has 5 heteroatoms. The second kappa shape index (κ2) is 5.79. The number of carbonyl (C=O) groups is 1. The Morgan fingerprint density at radius 2 is 2.10 bits per heavy atom. The smallest absolute Gasteiger partial charge is 0.243 e. The summed E-state index contributed by atoms with van der Waals surface area (Å²) in [6, 6.07) is 0.527. The van der Waals surface area contributed by atoms with Gasteiger partial charge in [0.2, 0.25) is 5.91 Å². The van der Waals surface area contributed by atoms with Crippen molar-refractivity contribution in [2.24, 2.45) is 7.05 Å². The Kier molecular flexibility index (Phi) is 4.02. The number of fused-ring (bicyclic) bond motifs is 1. The van der Waals surface area contributed by atoms with Crippen LogP contribution in [0.1, 0.15) is 57.0 Å². The summed E-state index contributed by atoms with van der Waals surface area (Å²) in [7, 11) is 1.99. The van der Waals surface area contributed by atoms with Crippen molar-refractivity contribution in [3.63, 3.8) is 0 Å². The summed E-state index contributed by atoms with van der Waals surface area (Å²) in [6.45, 7) is 5.23. The topological polar surface area (TPSA) is 50.2 Å². The Hall–Kier alpha value is -1.36. The molecule has 1 aliphatic carbocycles. The molecule has 2 heterocycles. The van der Waals surface area contributed by atoms with Crippen LogP contribution in [0.15, 0.2) is 6.33 Å². The Bertz CT molecular complexity index is 516. The second-order valence-corrected chi connectivity index (χ2v) is 6.66. The summed E-state index contributed by atoms with van der Waals surface area (Å²) in [5.41, 5.74) is 2.16. The largest absolute Gasteiger partial charge is 0.352 e. The van der Waals surface area contributed by atoms with Crippen molar-refractivity contribution in [2.45, 2.75) is 64.1 Å². The van der Waals surface area contributed by atoms with Crippen molar-refractivity contribution in [3.8, 4) is 0 Å². The fourth-order valence-corrected chi connectivity index (χ4v) is 3.73. The molecule has 1 fully saturated rings. The van der Waals surface area contributed by atoms with Crippen LogP contribution in [0.2, 0.25) is 0 Å². The van der Waals surface area contributed by atoms with Crippen LogP contribution in [-0.2, 0) is 18.3 Å². The lowest BCUT2D eigenvalue weighted by atomic mass is 9.99. The van der Waals surface area contributed by atoms with E-state index in [1.165, 1.54) is 12.8 Å². The number of amides is 1. The number of carbonyl (C=O) groups excluding carboxylic acids is 1. The molecule has 1 amide bonds. The minimum atomic E-state index is -0.193. The maximum absolute atomic E-state index is 12.9. The molecule has 1 aromatic rings. The van der Waals surface area contributed by atoms with Gasteiger partial charge in [0.1, 0.15) is 6.04 Å². The van der Waals surface area contributed by atoms with Crippen LogP contribution >= 0.6 is 0 Å². The van der Waals surface area contributed by atoms with Crippen molar-refractivity contribution < 1.29 is 4.79 Å². The molecule has 0 radical (unpaired) electrons. The molecule has 5 nitrogen and oxygen atoms in total. The molecular formula is C16H26N4O. The van der Waals surface area contributed by atoms with E-state index in [4.69, 9.17) is 0 Å². The second-order valence-electron chi connectivity index (χ2n) is 6.66. The predicted molar refractivity (Wildman–Crippen MR) is 81.9 cm³/mol. The number of nitrogens with one attached hydrogen (secondary N) is 1. The molecule has 21 heavy (non-hydrogen) atoms. The number of hydrogen-bond donors (Lipinski definition) is 1. The Morgan fingerprint density at radius 3 is 2.76 bits per heavy atom. The summed E-state index contributed by atoms with van der Waals surface area (Å²) in [5, 5.41) is 3.27. The van der Waals surface area contributed by atoms with Crippen LogP contribution in [0, 0.1) is 0 Å². The number of hydrogen-bond acceptors (Lipinski definition) is 3. The Balaban J connectivity index is 1.87. The van der Waals surface area contributed by atoms with Gasteiger partial charge in [0.15, 0.2) is 0 Å². The van der Waals surface area contributed by atoms with Crippen LogP contribution < -0.4 is 5.32 Å². The van der Waals surface area contributed by atoms with Crippen LogP contribution in [0.25, 0.3) is 0 Å². The maximum Gasteiger partial charge on any atom is 0.243 e. The fourth-order valence-electron chi connectivity index (χ4n) is 3.73. The van der Waals surface area contributed by atoms with Crippen molar-refractivity contribution in [2.75, 3.05) is 6.54 Å². The summed E-state index contributed by atoms with van der Waals surface area (Å²) < 4.78 is 2.02. The fraction of sp³-hybridized carbons (Fsp3) is 0.750. The Labute approximate surface area is 126 Å². The molecule has 2 aliphatic rings. The molecule has 3 rings (SSSR count). The number of aromatic nitrogens is 2. The molecule has 0 bridgehead atoms. The van der Waals surface area contributed by atoms with E-state index in [0.29, 0.717) is 12.1 Å². The van der Waals surface area contributed by atoms with Crippen molar-refractivity contribution in [1.82, 2.24) is 19.8 Å². The molecule has 1 aliphatic heterocycles. The van der Waals surface area contributed by atoms with E-state index in [-0.39, 0.29) is 11.9 Å². The van der Waals surface area contributed by atoms with Gasteiger partial charge in [-0.2, -0.15) is 0 Å². The highest BCUT2D eigenvalue weighted by molar-refractivity contribution is 5.83. The lowest BCUT2D eigenvalue weighted by Gasteiger charge is -2.38. The number of imidazole rings is 1. The first-order valence-electron chi connectivity index (χ1n) is 8.14. The van der Waals surface area contributed by atoms with Gasteiger partial charge in [0.05, 0.1) is 17.7 Å². The van der Waals surface area contributed by atoms with Gasteiger partial charge in [-0.25, -0.2) is 4.98 Å². The van der Waals surface area contributed by atoms with Gasteiger partial charge >= 0.3 is 0 Å². The van der Waals surface area contributed by atoms with E-state index in [2.05, 4.69) is 29.0 Å². The van der Waals surface area contributed by atoms with E-state index in [9.17, 15) is 4.79 Å². The molecule has 0 aromatic carbocycles. The van der Waals surface area contributed by atoms with E-state index in [0.717, 1.165) is 37.2 Å². The zero-order valence-corrected chi connectivity index (χ0v) is 13.3. The third-order valence-corrected chi connectivity index (χ3v) is 4.87. The molecular weight excluding hydrogens is 264 g/mol. The van der Waals surface area contributed by atoms with Crippen molar-refractivity contribution >= 4 is 5.91 Å². The van der Waals surface area contributed by atoms with Crippen molar-refractivity contribution in [1.29, 1.82) is 0 Å². The molecule has 1 N–H and O–H groups in total. The zero-order valence-electron chi connectivity index (χ0n) is 13.3. The highest BCUT2D eigenvalue weighted by atomic mass is 16.2. The molecule has 116 valence electrons. The molecule has 1 unspecified atom stereocenters. The minimum absolute atomic E-state index is 0.153. The summed E-state index contributed by atoms with van der Waals surface area (Å²) >= 11 is 0. The molecule has 0 spiro atoms. The first kappa shape index (κ1) is 14.6. The zero-order chi connectivity index (χ0) is 15.0. The summed E-state index contributed by atoms with van der Waals surface area (Å²) in [6.07, 6.45) is 7.49. The monoisotopic (exact) mass is 290 g/mol. The van der Waals surface area contributed by atoms with Crippen LogP contribution in [0.4, 0.5) is 0 Å². The third-order valence-electron chi connectivity index (χ3n) is 4.87. The van der Waals surface area contributed by atoms with E-state index < -0.39 is 0 Å². The van der Waals surface area contributed by atoms with Gasteiger partial charge in [0.25, 0.3) is 0 Å². The average molecular weight is 290 g/mol. The first-order chi connectivity index (χ1) is 10.1. The number of rotatable bonds is 3. The van der Waals surface area contributed by atoms with Gasteiger partial charge in [-0.1, -0.05) is 12.8 Å². The van der Waals surface area contributed by atoms with Gasteiger partial charge < -0.3 is 9.88 Å². The third kappa shape index (κ3) is 2.71. The van der Waals surface area contributed by atoms with Crippen LogP contribution in [-0.4, -0.2) is 39.0 Å². The highest BCUT2D eigenvalue weighted by Crippen LogP contribution is 2.31. The SMILES string of the molecule is CC(C)N1CCc2ncn(C)c2C1C(=O)NC1CCCC1. The predicted octanol–water partition coefficient (Wildman–Crippen LogP) is 1.79. The summed E-state index contributed by atoms with van der Waals surface area (Å²) in [4.78, 5) is 19.7. The van der Waals surface area contributed by atoms with E-state index in [1.807, 2.05) is 17.9 Å². The van der Waals surface area contributed by atoms with E-state index in [1.54, 1.807) is 0 Å².